The zero-order chi connectivity index (χ0) is 25.2. The summed E-state index contributed by atoms with van der Waals surface area (Å²) in [6.45, 7) is 1.03. The molecule has 2 aromatic rings. The molecular weight excluding hydrogens is 463 g/mol. The molecule has 0 radical (unpaired) electrons. The monoisotopic (exact) mass is 496 g/mol. The number of amides is 3. The lowest BCUT2D eigenvalue weighted by molar-refractivity contribution is -0.128. The Balaban J connectivity index is 1.36. The van der Waals surface area contributed by atoms with Gasteiger partial charge in [0.1, 0.15) is 23.8 Å². The number of likely N-dealkylation sites (tertiary alicyclic amines) is 1. The SMILES string of the molecule is O=C[C@H](C[C@@H]1CCNC1=O)NC(=O)[C@@H]1C[C@@H](C2CCCCC2)CN1C(=O)c1cc2cccc(F)c2[nH]1. The zero-order valence-corrected chi connectivity index (χ0v) is 20.3. The van der Waals surface area contributed by atoms with Gasteiger partial charge in [-0.15, -0.1) is 0 Å². The van der Waals surface area contributed by atoms with E-state index < -0.39 is 17.9 Å². The van der Waals surface area contributed by atoms with Crippen molar-refractivity contribution in [3.05, 3.63) is 35.8 Å². The van der Waals surface area contributed by atoms with Crippen molar-refractivity contribution in [2.24, 2.45) is 17.8 Å². The second kappa shape index (κ2) is 10.4. The number of H-pyrrole nitrogens is 1. The molecule has 3 amide bonds. The molecule has 3 fully saturated rings. The van der Waals surface area contributed by atoms with E-state index in [-0.39, 0.29) is 47.2 Å². The number of hydrogen-bond donors (Lipinski definition) is 3. The number of halogens is 1. The van der Waals surface area contributed by atoms with Crippen LogP contribution in [0.2, 0.25) is 0 Å². The van der Waals surface area contributed by atoms with E-state index in [0.29, 0.717) is 43.5 Å². The minimum absolute atomic E-state index is 0.0998. The molecule has 0 spiro atoms. The van der Waals surface area contributed by atoms with Gasteiger partial charge in [-0.1, -0.05) is 44.2 Å². The number of aldehydes is 1. The minimum Gasteiger partial charge on any atom is -0.356 e. The number of carbonyl (C=O) groups excluding carboxylic acids is 4. The Morgan fingerprint density at radius 1 is 1.17 bits per heavy atom. The van der Waals surface area contributed by atoms with Gasteiger partial charge in [0.25, 0.3) is 5.91 Å². The van der Waals surface area contributed by atoms with Crippen LogP contribution < -0.4 is 10.6 Å². The maximum absolute atomic E-state index is 14.2. The molecule has 5 rings (SSSR count). The van der Waals surface area contributed by atoms with Gasteiger partial charge in [0.05, 0.1) is 11.6 Å². The molecule has 8 nitrogen and oxygen atoms in total. The first-order chi connectivity index (χ1) is 17.4. The summed E-state index contributed by atoms with van der Waals surface area (Å²) in [5, 5.41) is 6.15. The Bertz CT molecular complexity index is 1160. The first-order valence-corrected chi connectivity index (χ1v) is 13.1. The maximum atomic E-state index is 14.2. The average Bonchev–Trinajstić information content (AvgIpc) is 3.63. The first-order valence-electron chi connectivity index (χ1n) is 13.1. The lowest BCUT2D eigenvalue weighted by Gasteiger charge is -2.27. The lowest BCUT2D eigenvalue weighted by atomic mass is 9.79. The van der Waals surface area contributed by atoms with Crippen LogP contribution in [0.5, 0.6) is 0 Å². The van der Waals surface area contributed by atoms with Crippen molar-refractivity contribution in [2.45, 2.75) is 63.5 Å². The number of nitrogens with zero attached hydrogens (tertiary/aromatic N) is 1. The van der Waals surface area contributed by atoms with Crippen LogP contribution in [-0.2, 0) is 14.4 Å². The summed E-state index contributed by atoms with van der Waals surface area (Å²) in [5.74, 6) is -0.916. The largest absolute Gasteiger partial charge is 0.356 e. The molecule has 1 aromatic carbocycles. The third-order valence-corrected chi connectivity index (χ3v) is 8.24. The van der Waals surface area contributed by atoms with Crippen LogP contribution >= 0.6 is 0 Å². The molecule has 3 heterocycles. The number of para-hydroxylation sites is 1. The number of fused-ring (bicyclic) bond motifs is 1. The molecule has 192 valence electrons. The fourth-order valence-corrected chi connectivity index (χ4v) is 6.28. The van der Waals surface area contributed by atoms with E-state index in [4.69, 9.17) is 0 Å². The average molecular weight is 497 g/mol. The van der Waals surface area contributed by atoms with Crippen LogP contribution in [-0.4, -0.2) is 59.1 Å². The molecule has 9 heteroatoms. The molecule has 0 unspecified atom stereocenters. The van der Waals surface area contributed by atoms with Crippen molar-refractivity contribution in [2.75, 3.05) is 13.1 Å². The normalized spacial score (nSPS) is 25.6. The number of aromatic amines is 1. The van der Waals surface area contributed by atoms with Crippen molar-refractivity contribution in [3.63, 3.8) is 0 Å². The second-order valence-electron chi connectivity index (χ2n) is 10.5. The fraction of sp³-hybridized carbons (Fsp3) is 0.556. The molecule has 2 aliphatic heterocycles. The van der Waals surface area contributed by atoms with E-state index in [9.17, 15) is 23.6 Å². The quantitative estimate of drug-likeness (QED) is 0.512. The predicted molar refractivity (Wildman–Crippen MR) is 131 cm³/mol. The van der Waals surface area contributed by atoms with E-state index in [2.05, 4.69) is 15.6 Å². The highest BCUT2D eigenvalue weighted by molar-refractivity contribution is 6.00. The van der Waals surface area contributed by atoms with E-state index in [1.807, 2.05) is 0 Å². The zero-order valence-electron chi connectivity index (χ0n) is 20.3. The Morgan fingerprint density at radius 3 is 2.67 bits per heavy atom. The predicted octanol–water partition coefficient (Wildman–Crippen LogP) is 2.93. The third-order valence-electron chi connectivity index (χ3n) is 8.24. The van der Waals surface area contributed by atoms with Gasteiger partial charge in [0.2, 0.25) is 11.8 Å². The van der Waals surface area contributed by atoms with E-state index in [0.717, 1.165) is 25.7 Å². The molecule has 1 saturated carbocycles. The Hall–Kier alpha value is -3.23. The van der Waals surface area contributed by atoms with Crippen molar-refractivity contribution >= 4 is 34.9 Å². The Morgan fingerprint density at radius 2 is 1.97 bits per heavy atom. The van der Waals surface area contributed by atoms with Gasteiger partial charge in [0, 0.05) is 24.4 Å². The van der Waals surface area contributed by atoms with Gasteiger partial charge >= 0.3 is 0 Å². The highest BCUT2D eigenvalue weighted by Crippen LogP contribution is 2.38. The van der Waals surface area contributed by atoms with Crippen LogP contribution in [0.15, 0.2) is 24.3 Å². The number of aromatic nitrogens is 1. The second-order valence-corrected chi connectivity index (χ2v) is 10.5. The molecule has 1 aromatic heterocycles. The van der Waals surface area contributed by atoms with E-state index in [1.54, 1.807) is 23.1 Å². The van der Waals surface area contributed by atoms with Gasteiger partial charge in [-0.2, -0.15) is 0 Å². The summed E-state index contributed by atoms with van der Waals surface area (Å²) in [4.78, 5) is 55.3. The van der Waals surface area contributed by atoms with Crippen LogP contribution in [0.4, 0.5) is 4.39 Å². The lowest BCUT2D eigenvalue weighted by Crippen LogP contribution is -2.49. The van der Waals surface area contributed by atoms with Crippen molar-refractivity contribution in [1.29, 1.82) is 0 Å². The summed E-state index contributed by atoms with van der Waals surface area (Å²) >= 11 is 0. The van der Waals surface area contributed by atoms with Gasteiger partial charge in [-0.25, -0.2) is 4.39 Å². The summed E-state index contributed by atoms with van der Waals surface area (Å²) in [5.41, 5.74) is 0.507. The van der Waals surface area contributed by atoms with E-state index >= 15 is 0 Å². The molecule has 36 heavy (non-hydrogen) atoms. The van der Waals surface area contributed by atoms with Crippen molar-refractivity contribution in [1.82, 2.24) is 20.5 Å². The van der Waals surface area contributed by atoms with Crippen LogP contribution in [0.3, 0.4) is 0 Å². The Kier molecular flexibility index (Phi) is 7.07. The summed E-state index contributed by atoms with van der Waals surface area (Å²) in [6.07, 6.45) is 7.79. The Labute approximate surface area is 209 Å². The molecule has 3 N–H and O–H groups in total. The summed E-state index contributed by atoms with van der Waals surface area (Å²) < 4.78 is 14.2. The number of nitrogens with one attached hydrogen (secondary N) is 3. The summed E-state index contributed by atoms with van der Waals surface area (Å²) in [7, 11) is 0. The molecule has 0 bridgehead atoms. The molecular formula is C27H33FN4O4. The van der Waals surface area contributed by atoms with Crippen LogP contribution in [0.1, 0.15) is 61.9 Å². The van der Waals surface area contributed by atoms with E-state index in [1.165, 1.54) is 12.5 Å². The van der Waals surface area contributed by atoms with Crippen molar-refractivity contribution < 1.29 is 23.6 Å². The van der Waals surface area contributed by atoms with Crippen molar-refractivity contribution in [3.8, 4) is 0 Å². The minimum atomic E-state index is -0.792. The smallest absolute Gasteiger partial charge is 0.270 e. The van der Waals surface area contributed by atoms with Crippen LogP contribution in [0.25, 0.3) is 10.9 Å². The molecule has 2 saturated heterocycles. The van der Waals surface area contributed by atoms with Gasteiger partial charge in [-0.3, -0.25) is 14.4 Å². The number of hydrogen-bond acceptors (Lipinski definition) is 4. The van der Waals surface area contributed by atoms with Crippen LogP contribution in [0, 0.1) is 23.6 Å². The highest BCUT2D eigenvalue weighted by Gasteiger charge is 2.43. The molecule has 4 atom stereocenters. The third kappa shape index (κ3) is 4.88. The first kappa shape index (κ1) is 24.5. The van der Waals surface area contributed by atoms with Gasteiger partial charge in [-0.05, 0) is 43.2 Å². The van der Waals surface area contributed by atoms with Gasteiger partial charge in [0.15, 0.2) is 0 Å². The number of rotatable bonds is 7. The standard InChI is InChI=1S/C27H33FN4O4/c28-21-8-4-7-17-12-22(31-24(17)21)27(36)32-14-19(16-5-2-1-3-6-16)13-23(32)26(35)30-20(15-33)11-18-9-10-29-25(18)34/h4,7-8,12,15-16,18-20,23,31H,1-3,5-6,9-11,13-14H2,(H,29,34)(H,30,35)/t18-,19+,20-,23-/m0/s1. The summed E-state index contributed by atoms with van der Waals surface area (Å²) in [6, 6.07) is 4.77. The molecule has 3 aliphatic rings. The number of carbonyl (C=O) groups is 4. The highest BCUT2D eigenvalue weighted by atomic mass is 19.1. The fourth-order valence-electron chi connectivity index (χ4n) is 6.28. The maximum Gasteiger partial charge on any atom is 0.270 e. The number of benzene rings is 1. The molecule has 1 aliphatic carbocycles. The van der Waals surface area contributed by atoms with Gasteiger partial charge < -0.3 is 25.3 Å². The topological polar surface area (TPSA) is 111 Å².